The number of nitrogens with one attached hydrogen (secondary N) is 1. The number of alkyl halides is 1. The number of hydrogen-bond donors (Lipinski definition) is 1. The SMILES string of the molecule is CC(C)(C)NC(=O)n1ccc(CBr)n1. The molecule has 0 saturated heterocycles. The van der Waals surface area contributed by atoms with Crippen molar-refractivity contribution in [3.8, 4) is 0 Å². The third-order valence-electron chi connectivity index (χ3n) is 1.47. The minimum absolute atomic E-state index is 0.204. The molecule has 0 fully saturated rings. The number of hydrogen-bond acceptors (Lipinski definition) is 2. The average Bonchev–Trinajstić information content (AvgIpc) is 2.48. The highest BCUT2D eigenvalue weighted by molar-refractivity contribution is 9.08. The highest BCUT2D eigenvalue weighted by Gasteiger charge is 2.15. The first-order chi connectivity index (χ1) is 6.42. The number of halogens is 1. The second-order valence-electron chi connectivity index (χ2n) is 4.07. The summed E-state index contributed by atoms with van der Waals surface area (Å²) in [5.74, 6) is 0. The van der Waals surface area contributed by atoms with Crippen LogP contribution < -0.4 is 5.32 Å². The molecule has 0 spiro atoms. The topological polar surface area (TPSA) is 46.9 Å². The summed E-state index contributed by atoms with van der Waals surface area (Å²) in [6, 6.07) is 1.60. The van der Waals surface area contributed by atoms with Crippen LogP contribution in [-0.4, -0.2) is 21.4 Å². The van der Waals surface area contributed by atoms with Gasteiger partial charge >= 0.3 is 6.03 Å². The lowest BCUT2D eigenvalue weighted by atomic mass is 10.1. The Morgan fingerprint density at radius 3 is 2.71 bits per heavy atom. The lowest BCUT2D eigenvalue weighted by Crippen LogP contribution is -2.43. The molecule has 1 N–H and O–H groups in total. The molecule has 1 heterocycles. The van der Waals surface area contributed by atoms with Crippen LogP contribution in [0.5, 0.6) is 0 Å². The number of rotatable bonds is 1. The van der Waals surface area contributed by atoms with Gasteiger partial charge in [0, 0.05) is 17.1 Å². The van der Waals surface area contributed by atoms with Gasteiger partial charge in [-0.15, -0.1) is 0 Å². The van der Waals surface area contributed by atoms with Gasteiger partial charge in [0.25, 0.3) is 0 Å². The molecule has 4 nitrogen and oxygen atoms in total. The summed E-state index contributed by atoms with van der Waals surface area (Å²) < 4.78 is 1.31. The second-order valence-corrected chi connectivity index (χ2v) is 4.63. The standard InChI is InChI=1S/C9H14BrN3O/c1-9(2,3)11-8(14)13-5-4-7(6-10)12-13/h4-5H,6H2,1-3H3,(H,11,14). The van der Waals surface area contributed by atoms with Gasteiger partial charge in [0.2, 0.25) is 0 Å². The third kappa shape index (κ3) is 3.14. The molecule has 0 aliphatic carbocycles. The predicted molar refractivity (Wildman–Crippen MR) is 58.5 cm³/mol. The van der Waals surface area contributed by atoms with Crippen molar-refractivity contribution in [3.63, 3.8) is 0 Å². The van der Waals surface area contributed by atoms with Crippen LogP contribution in [0.15, 0.2) is 12.3 Å². The molecule has 1 amide bonds. The Morgan fingerprint density at radius 1 is 1.64 bits per heavy atom. The van der Waals surface area contributed by atoms with Crippen LogP contribution in [0.1, 0.15) is 26.5 Å². The molecule has 1 aromatic heterocycles. The van der Waals surface area contributed by atoms with Crippen LogP contribution in [0.4, 0.5) is 4.79 Å². The molecule has 0 atom stereocenters. The molecule has 0 bridgehead atoms. The number of carbonyl (C=O) groups is 1. The summed E-state index contributed by atoms with van der Waals surface area (Å²) >= 11 is 3.27. The molecule has 0 radical (unpaired) electrons. The van der Waals surface area contributed by atoms with E-state index < -0.39 is 0 Å². The van der Waals surface area contributed by atoms with Gasteiger partial charge in [0.15, 0.2) is 0 Å². The Bertz CT molecular complexity index is 327. The fraction of sp³-hybridized carbons (Fsp3) is 0.556. The molecule has 0 aromatic carbocycles. The van der Waals surface area contributed by atoms with E-state index in [1.54, 1.807) is 12.3 Å². The van der Waals surface area contributed by atoms with Gasteiger partial charge in [-0.25, -0.2) is 4.79 Å². The van der Waals surface area contributed by atoms with Crippen molar-refractivity contribution >= 4 is 22.0 Å². The largest absolute Gasteiger partial charge is 0.342 e. The average molecular weight is 260 g/mol. The maximum atomic E-state index is 11.6. The molecule has 1 aromatic rings. The highest BCUT2D eigenvalue weighted by Crippen LogP contribution is 2.03. The van der Waals surface area contributed by atoms with Gasteiger partial charge in [-0.2, -0.15) is 9.78 Å². The fourth-order valence-electron chi connectivity index (χ4n) is 0.924. The second kappa shape index (κ2) is 4.13. The van der Waals surface area contributed by atoms with E-state index in [9.17, 15) is 4.79 Å². The summed E-state index contributed by atoms with van der Waals surface area (Å²) in [5.41, 5.74) is 0.603. The van der Waals surface area contributed by atoms with Gasteiger partial charge in [0.1, 0.15) is 0 Å². The first-order valence-electron chi connectivity index (χ1n) is 4.35. The summed E-state index contributed by atoms with van der Waals surface area (Å²) in [4.78, 5) is 11.6. The monoisotopic (exact) mass is 259 g/mol. The number of amides is 1. The Labute approximate surface area is 91.8 Å². The maximum Gasteiger partial charge on any atom is 0.342 e. The summed E-state index contributed by atoms with van der Waals surface area (Å²) in [6.07, 6.45) is 1.65. The molecule has 0 aliphatic rings. The van der Waals surface area contributed by atoms with Crippen LogP contribution >= 0.6 is 15.9 Å². The maximum absolute atomic E-state index is 11.6. The van der Waals surface area contributed by atoms with Crippen LogP contribution in [-0.2, 0) is 5.33 Å². The van der Waals surface area contributed by atoms with Crippen molar-refractivity contribution in [3.05, 3.63) is 18.0 Å². The molecule has 0 saturated carbocycles. The smallest absolute Gasteiger partial charge is 0.332 e. The van der Waals surface area contributed by atoms with Gasteiger partial charge in [0.05, 0.1) is 5.69 Å². The van der Waals surface area contributed by atoms with Crippen LogP contribution in [0, 0.1) is 0 Å². The molecule has 0 aliphatic heterocycles. The van der Waals surface area contributed by atoms with Crippen LogP contribution in [0.25, 0.3) is 0 Å². The van der Waals surface area contributed by atoms with E-state index in [-0.39, 0.29) is 11.6 Å². The van der Waals surface area contributed by atoms with Crippen molar-refractivity contribution in [2.45, 2.75) is 31.6 Å². The van der Waals surface area contributed by atoms with Gasteiger partial charge < -0.3 is 5.32 Å². The fourth-order valence-corrected chi connectivity index (χ4v) is 1.22. The molecule has 1 rings (SSSR count). The van der Waals surface area contributed by atoms with E-state index in [0.29, 0.717) is 5.33 Å². The minimum Gasteiger partial charge on any atom is -0.332 e. The quantitative estimate of drug-likeness (QED) is 0.786. The van der Waals surface area contributed by atoms with E-state index >= 15 is 0 Å². The van der Waals surface area contributed by atoms with E-state index in [4.69, 9.17) is 0 Å². The number of carbonyl (C=O) groups excluding carboxylic acids is 1. The first-order valence-corrected chi connectivity index (χ1v) is 5.47. The molecular formula is C9H14BrN3O. The summed E-state index contributed by atoms with van der Waals surface area (Å²) in [5, 5.41) is 7.55. The number of nitrogens with zero attached hydrogens (tertiary/aromatic N) is 2. The van der Waals surface area contributed by atoms with Crippen molar-refractivity contribution in [2.75, 3.05) is 0 Å². The van der Waals surface area contributed by atoms with Crippen molar-refractivity contribution < 1.29 is 4.79 Å². The van der Waals surface area contributed by atoms with Gasteiger partial charge in [-0.1, -0.05) is 15.9 Å². The van der Waals surface area contributed by atoms with E-state index in [2.05, 4.69) is 26.3 Å². The molecule has 0 unspecified atom stereocenters. The van der Waals surface area contributed by atoms with Crippen molar-refractivity contribution in [2.24, 2.45) is 0 Å². The summed E-state index contributed by atoms with van der Waals surface area (Å²) in [7, 11) is 0. The highest BCUT2D eigenvalue weighted by atomic mass is 79.9. The zero-order valence-corrected chi connectivity index (χ0v) is 10.1. The lowest BCUT2D eigenvalue weighted by Gasteiger charge is -2.19. The Balaban J connectivity index is 2.70. The van der Waals surface area contributed by atoms with Crippen LogP contribution in [0.2, 0.25) is 0 Å². The molecule has 5 heteroatoms. The van der Waals surface area contributed by atoms with E-state index in [0.717, 1.165) is 5.69 Å². The Morgan fingerprint density at radius 2 is 2.29 bits per heavy atom. The Hall–Kier alpha value is -0.840. The van der Waals surface area contributed by atoms with E-state index in [1.807, 2.05) is 20.8 Å². The third-order valence-corrected chi connectivity index (χ3v) is 2.05. The lowest BCUT2D eigenvalue weighted by molar-refractivity contribution is 0.230. The normalized spacial score (nSPS) is 11.4. The first kappa shape index (κ1) is 11.2. The van der Waals surface area contributed by atoms with Gasteiger partial charge in [-0.3, -0.25) is 0 Å². The zero-order valence-electron chi connectivity index (χ0n) is 8.54. The van der Waals surface area contributed by atoms with Crippen molar-refractivity contribution in [1.82, 2.24) is 15.1 Å². The predicted octanol–water partition coefficient (Wildman–Crippen LogP) is 2.13. The minimum atomic E-state index is -0.238. The zero-order chi connectivity index (χ0) is 10.8. The van der Waals surface area contributed by atoms with Crippen LogP contribution in [0.3, 0.4) is 0 Å². The number of aromatic nitrogens is 2. The Kier molecular flexibility index (Phi) is 3.31. The molecule has 14 heavy (non-hydrogen) atoms. The van der Waals surface area contributed by atoms with Crippen molar-refractivity contribution in [1.29, 1.82) is 0 Å². The summed E-state index contributed by atoms with van der Waals surface area (Å²) in [6.45, 7) is 5.79. The van der Waals surface area contributed by atoms with Gasteiger partial charge in [-0.05, 0) is 26.8 Å². The molecule has 78 valence electrons. The van der Waals surface area contributed by atoms with E-state index in [1.165, 1.54) is 4.68 Å². The molecular weight excluding hydrogens is 246 g/mol.